The molecule has 0 aromatic heterocycles. The second kappa shape index (κ2) is 10.8. The van der Waals surface area contributed by atoms with Crippen molar-refractivity contribution in [2.75, 3.05) is 31.6 Å². The first-order valence-electron chi connectivity index (χ1n) is 13.3. The summed E-state index contributed by atoms with van der Waals surface area (Å²) in [6, 6.07) is 13.7. The van der Waals surface area contributed by atoms with E-state index in [-0.39, 0.29) is 23.3 Å². The van der Waals surface area contributed by atoms with Gasteiger partial charge in [0.25, 0.3) is 11.8 Å². The molecule has 4 aliphatic rings. The number of nitrogens with one attached hydrogen (secondary N) is 2. The van der Waals surface area contributed by atoms with E-state index in [1.807, 2.05) is 13.8 Å². The lowest BCUT2D eigenvalue weighted by molar-refractivity contribution is -0.125. The average Bonchev–Trinajstić information content (AvgIpc) is 3.27. The molecule has 2 aromatic carbocycles. The molecule has 3 atom stereocenters. The monoisotopic (exact) mass is 507 g/mol. The molecule has 4 aliphatic heterocycles. The Hall–Kier alpha value is -2.94. The van der Waals surface area contributed by atoms with Crippen molar-refractivity contribution in [1.29, 1.82) is 0 Å². The summed E-state index contributed by atoms with van der Waals surface area (Å²) in [5.74, 6) is 0.231. The predicted octanol–water partition coefficient (Wildman–Crippen LogP) is 3.13. The highest BCUT2D eigenvalue weighted by Gasteiger charge is 2.43. The van der Waals surface area contributed by atoms with E-state index in [4.69, 9.17) is 9.47 Å². The van der Waals surface area contributed by atoms with Gasteiger partial charge in [-0.2, -0.15) is 0 Å². The van der Waals surface area contributed by atoms with Crippen LogP contribution in [0.2, 0.25) is 0 Å². The van der Waals surface area contributed by atoms with Crippen molar-refractivity contribution in [3.05, 3.63) is 59.2 Å². The zero-order chi connectivity index (χ0) is 26.0. The molecule has 8 nitrogen and oxygen atoms in total. The van der Waals surface area contributed by atoms with Crippen LogP contribution in [-0.4, -0.2) is 65.9 Å². The number of rotatable bonds is 2. The van der Waals surface area contributed by atoms with Gasteiger partial charge in [0.1, 0.15) is 5.75 Å². The quantitative estimate of drug-likeness (QED) is 0.578. The van der Waals surface area contributed by atoms with E-state index >= 15 is 0 Å². The summed E-state index contributed by atoms with van der Waals surface area (Å²) in [7, 11) is 0. The second-order valence-corrected chi connectivity index (χ2v) is 11.0. The van der Waals surface area contributed by atoms with E-state index in [1.165, 1.54) is 17.5 Å². The molecule has 2 saturated heterocycles. The largest absolute Gasteiger partial charge is 0.478 e. The molecular formula is C29H37N3O5. The number of carbonyl (C=O) groups excluding carboxylic acids is 2. The molecule has 2 fully saturated rings. The number of ether oxygens (including phenoxy) is 2. The van der Waals surface area contributed by atoms with E-state index < -0.39 is 12.2 Å². The Morgan fingerprint density at radius 2 is 1.97 bits per heavy atom. The van der Waals surface area contributed by atoms with Crippen molar-refractivity contribution in [3.63, 3.8) is 0 Å². The fourth-order valence-corrected chi connectivity index (χ4v) is 5.59. The molecule has 0 bridgehead atoms. The minimum Gasteiger partial charge on any atom is -0.478 e. The zero-order valence-corrected chi connectivity index (χ0v) is 21.7. The number of hydrogen-bond donors (Lipinski definition) is 3. The van der Waals surface area contributed by atoms with Gasteiger partial charge in [-0.3, -0.25) is 9.59 Å². The van der Waals surface area contributed by atoms with Crippen LogP contribution < -0.4 is 15.4 Å². The number of aliphatic hydroxyl groups is 1. The van der Waals surface area contributed by atoms with Crippen LogP contribution in [-0.2, 0) is 22.5 Å². The summed E-state index contributed by atoms with van der Waals surface area (Å²) in [5, 5.41) is 16.0. The first-order valence-corrected chi connectivity index (χ1v) is 13.3. The van der Waals surface area contributed by atoms with Crippen LogP contribution in [0.3, 0.4) is 0 Å². The maximum absolute atomic E-state index is 12.7. The first kappa shape index (κ1) is 25.7. The molecule has 3 unspecified atom stereocenters. The van der Waals surface area contributed by atoms with E-state index in [0.29, 0.717) is 36.7 Å². The van der Waals surface area contributed by atoms with Crippen LogP contribution >= 0.6 is 0 Å². The van der Waals surface area contributed by atoms with Crippen molar-refractivity contribution in [2.45, 2.75) is 63.9 Å². The Bertz CT molecular complexity index is 1130. The number of fused-ring (bicyclic) bond motifs is 2. The van der Waals surface area contributed by atoms with Gasteiger partial charge in [-0.25, -0.2) is 0 Å². The summed E-state index contributed by atoms with van der Waals surface area (Å²) in [4.78, 5) is 26.9. The third kappa shape index (κ3) is 5.98. The van der Waals surface area contributed by atoms with Crippen LogP contribution in [0.15, 0.2) is 42.5 Å². The molecule has 3 N–H and O–H groups in total. The van der Waals surface area contributed by atoms with Gasteiger partial charge in [0.15, 0.2) is 6.10 Å². The normalized spacial score (nSPS) is 26.1. The number of amides is 2. The van der Waals surface area contributed by atoms with Crippen LogP contribution in [0.1, 0.15) is 54.6 Å². The molecule has 0 spiro atoms. The Labute approximate surface area is 218 Å². The number of β-amino-alcohol motifs (C(OH)–C–C–N with tert-alkyl or cyclic N) is 1. The standard InChI is InChI=1S/C20H26N2O5.C9H11N/c1-20(2)9-13(11-26-20)17-18(24)21-15-8-12(5-6-16(15)27-17)19(25)22-7-3-4-14(23)10-22;1-2-4-9-7-10-6-5-8(9)3-1/h5-6,8,13-14,17,23H,3-4,7,9-11H2,1-2H3,(H,21,24);1-4,10H,5-7H2. The highest BCUT2D eigenvalue weighted by Crippen LogP contribution is 2.38. The van der Waals surface area contributed by atoms with Crippen LogP contribution in [0, 0.1) is 5.92 Å². The van der Waals surface area contributed by atoms with Gasteiger partial charge >= 0.3 is 0 Å². The highest BCUT2D eigenvalue weighted by molar-refractivity contribution is 6.01. The maximum atomic E-state index is 12.7. The molecule has 2 amide bonds. The van der Waals surface area contributed by atoms with Gasteiger partial charge in [-0.05, 0) is 75.4 Å². The third-order valence-corrected chi connectivity index (χ3v) is 7.56. The third-order valence-electron chi connectivity index (χ3n) is 7.56. The van der Waals surface area contributed by atoms with Crippen molar-refractivity contribution < 1.29 is 24.2 Å². The minimum atomic E-state index is -0.585. The lowest BCUT2D eigenvalue weighted by Gasteiger charge is -2.31. The molecule has 0 radical (unpaired) electrons. The van der Waals surface area contributed by atoms with Crippen molar-refractivity contribution in [3.8, 4) is 5.75 Å². The van der Waals surface area contributed by atoms with Crippen molar-refractivity contribution in [2.24, 2.45) is 5.92 Å². The summed E-state index contributed by atoms with van der Waals surface area (Å²) in [5.41, 5.74) is 3.73. The number of anilines is 1. The number of nitrogens with zero attached hydrogens (tertiary/aromatic N) is 1. The molecular weight excluding hydrogens is 470 g/mol. The van der Waals surface area contributed by atoms with E-state index in [1.54, 1.807) is 23.1 Å². The van der Waals surface area contributed by atoms with E-state index in [2.05, 4.69) is 34.9 Å². The molecule has 8 heteroatoms. The summed E-state index contributed by atoms with van der Waals surface area (Å²) < 4.78 is 11.7. The maximum Gasteiger partial charge on any atom is 0.265 e. The Morgan fingerprint density at radius 1 is 1.16 bits per heavy atom. The number of benzene rings is 2. The van der Waals surface area contributed by atoms with Crippen LogP contribution in [0.4, 0.5) is 5.69 Å². The SMILES string of the molecule is CC1(C)CC(C2Oc3ccc(C(=O)N4CCCC(O)C4)cc3NC2=O)CO1.c1ccc2c(c1)CCNC2. The topological polar surface area (TPSA) is 100 Å². The predicted molar refractivity (Wildman–Crippen MR) is 141 cm³/mol. The molecule has 2 aromatic rings. The summed E-state index contributed by atoms with van der Waals surface area (Å²) >= 11 is 0. The van der Waals surface area contributed by atoms with Gasteiger partial charge in [-0.15, -0.1) is 0 Å². The molecule has 6 rings (SSSR count). The van der Waals surface area contributed by atoms with Gasteiger partial charge < -0.3 is 30.1 Å². The number of hydrogen-bond acceptors (Lipinski definition) is 6. The fraction of sp³-hybridized carbons (Fsp3) is 0.517. The van der Waals surface area contributed by atoms with Gasteiger partial charge in [-0.1, -0.05) is 24.3 Å². The number of aliphatic hydroxyl groups excluding tert-OH is 1. The average molecular weight is 508 g/mol. The number of likely N-dealkylation sites (tertiary alicyclic amines) is 1. The molecule has 198 valence electrons. The van der Waals surface area contributed by atoms with Gasteiger partial charge in [0.2, 0.25) is 0 Å². The van der Waals surface area contributed by atoms with Crippen LogP contribution in [0.25, 0.3) is 0 Å². The van der Waals surface area contributed by atoms with E-state index in [0.717, 1.165) is 32.4 Å². The van der Waals surface area contributed by atoms with E-state index in [9.17, 15) is 14.7 Å². The van der Waals surface area contributed by atoms with Gasteiger partial charge in [0.05, 0.1) is 24.0 Å². The lowest BCUT2D eigenvalue weighted by Crippen LogP contribution is -2.43. The Kier molecular flexibility index (Phi) is 7.51. The number of carbonyl (C=O) groups is 2. The molecule has 0 saturated carbocycles. The smallest absolute Gasteiger partial charge is 0.265 e. The Balaban J connectivity index is 0.000000233. The first-order chi connectivity index (χ1) is 17.8. The van der Waals surface area contributed by atoms with Crippen LogP contribution in [0.5, 0.6) is 5.75 Å². The molecule has 37 heavy (non-hydrogen) atoms. The van der Waals surface area contributed by atoms with Gasteiger partial charge in [0, 0.05) is 31.1 Å². The lowest BCUT2D eigenvalue weighted by atomic mass is 9.92. The number of piperidine rings is 1. The summed E-state index contributed by atoms with van der Waals surface area (Å²) in [6.45, 7) is 7.68. The molecule has 0 aliphatic carbocycles. The van der Waals surface area contributed by atoms with Crippen molar-refractivity contribution in [1.82, 2.24) is 10.2 Å². The fourth-order valence-electron chi connectivity index (χ4n) is 5.59. The highest BCUT2D eigenvalue weighted by atomic mass is 16.5. The minimum absolute atomic E-state index is 0.00398. The second-order valence-electron chi connectivity index (χ2n) is 11.0. The summed E-state index contributed by atoms with van der Waals surface area (Å²) in [6.07, 6.45) is 2.41. The van der Waals surface area contributed by atoms with Crippen molar-refractivity contribution >= 4 is 17.5 Å². The molecule has 4 heterocycles. The zero-order valence-electron chi connectivity index (χ0n) is 21.7. The Morgan fingerprint density at radius 3 is 2.70 bits per heavy atom.